The molecule has 8 nitrogen and oxygen atoms in total. The van der Waals surface area contributed by atoms with Crippen molar-refractivity contribution in [3.63, 3.8) is 0 Å². The molecule has 0 bridgehead atoms. The van der Waals surface area contributed by atoms with Crippen molar-refractivity contribution in [2.24, 2.45) is 0 Å². The van der Waals surface area contributed by atoms with Crippen LogP contribution in [-0.2, 0) is 24.3 Å². The minimum Gasteiger partial charge on any atom is -0.351 e. The van der Waals surface area contributed by atoms with E-state index in [1.54, 1.807) is 0 Å². The number of nitrogens with one attached hydrogen (secondary N) is 2. The van der Waals surface area contributed by atoms with Gasteiger partial charge in [0.2, 0.25) is 5.91 Å². The molecule has 2 N–H and O–H groups in total. The number of fused-ring (bicyclic) bond motifs is 1. The van der Waals surface area contributed by atoms with Gasteiger partial charge >= 0.3 is 0 Å². The van der Waals surface area contributed by atoms with Crippen LogP contribution in [0.1, 0.15) is 26.6 Å². The minimum atomic E-state index is -0.332. The largest absolute Gasteiger partial charge is 0.351 e. The number of aromatic nitrogens is 3. The molecule has 4 rings (SSSR count). The average Bonchev–Trinajstić information content (AvgIpc) is 3.15. The molecule has 0 fully saturated rings. The first-order valence-corrected chi connectivity index (χ1v) is 10.1. The SMILES string of the molecule is O=C(CN1CCc2nc(NC(=O)c3cnccn3)sc2C1)NCc1ccccc1. The Bertz CT molecular complexity index is 993. The molecule has 1 aliphatic rings. The molecule has 0 spiro atoms. The summed E-state index contributed by atoms with van der Waals surface area (Å²) in [5.74, 6) is -0.334. The maximum Gasteiger partial charge on any atom is 0.277 e. The lowest BCUT2D eigenvalue weighted by Gasteiger charge is -2.25. The van der Waals surface area contributed by atoms with E-state index in [0.29, 0.717) is 24.8 Å². The van der Waals surface area contributed by atoms with Crippen LogP contribution >= 0.6 is 11.3 Å². The van der Waals surface area contributed by atoms with Gasteiger partial charge in [0, 0.05) is 43.3 Å². The number of nitrogens with zero attached hydrogens (tertiary/aromatic N) is 4. The van der Waals surface area contributed by atoms with Gasteiger partial charge in [-0.05, 0) is 5.56 Å². The molecule has 0 unspecified atom stereocenters. The van der Waals surface area contributed by atoms with Crippen molar-refractivity contribution in [3.05, 3.63) is 70.8 Å². The first-order valence-electron chi connectivity index (χ1n) is 9.26. The molecule has 2 amide bonds. The Labute approximate surface area is 172 Å². The Morgan fingerprint density at radius 1 is 1.17 bits per heavy atom. The number of rotatable bonds is 6. The monoisotopic (exact) mass is 408 g/mol. The first kappa shape index (κ1) is 19.2. The fourth-order valence-electron chi connectivity index (χ4n) is 3.07. The fourth-order valence-corrected chi connectivity index (χ4v) is 4.12. The molecule has 0 radical (unpaired) electrons. The lowest BCUT2D eigenvalue weighted by molar-refractivity contribution is -0.122. The van der Waals surface area contributed by atoms with Gasteiger partial charge in [0.15, 0.2) is 5.13 Å². The third-order valence-corrected chi connectivity index (χ3v) is 5.52. The Kier molecular flexibility index (Phi) is 5.87. The van der Waals surface area contributed by atoms with Crippen molar-refractivity contribution in [2.45, 2.75) is 19.5 Å². The molecule has 1 aliphatic heterocycles. The van der Waals surface area contributed by atoms with Crippen LogP contribution in [0.15, 0.2) is 48.9 Å². The molecule has 0 saturated carbocycles. The highest BCUT2D eigenvalue weighted by molar-refractivity contribution is 7.15. The zero-order chi connectivity index (χ0) is 20.1. The van der Waals surface area contributed by atoms with Crippen LogP contribution in [0.3, 0.4) is 0 Å². The standard InChI is InChI=1S/C20H20N6O2S/c27-18(23-10-14-4-2-1-3-5-14)13-26-9-6-15-17(12-26)29-20(24-15)25-19(28)16-11-21-7-8-22-16/h1-5,7-8,11H,6,9-10,12-13H2,(H,23,27)(H,24,25,28). The molecule has 1 aromatic carbocycles. The van der Waals surface area contributed by atoms with Gasteiger partial charge in [0.1, 0.15) is 5.69 Å². The summed E-state index contributed by atoms with van der Waals surface area (Å²) in [6.07, 6.45) is 5.16. The van der Waals surface area contributed by atoms with Crippen LogP contribution in [0.2, 0.25) is 0 Å². The molecule has 0 saturated heterocycles. The second-order valence-electron chi connectivity index (χ2n) is 6.66. The number of anilines is 1. The Hall–Kier alpha value is -3.17. The third kappa shape index (κ3) is 5.01. The predicted molar refractivity (Wildman–Crippen MR) is 109 cm³/mol. The van der Waals surface area contributed by atoms with Gasteiger partial charge in [-0.3, -0.25) is 24.8 Å². The highest BCUT2D eigenvalue weighted by Crippen LogP contribution is 2.28. The predicted octanol–water partition coefficient (Wildman–Crippen LogP) is 1.86. The van der Waals surface area contributed by atoms with Crippen LogP contribution in [0, 0.1) is 0 Å². The number of hydrogen-bond acceptors (Lipinski definition) is 7. The molecule has 2 aromatic heterocycles. The Morgan fingerprint density at radius 3 is 2.83 bits per heavy atom. The van der Waals surface area contributed by atoms with Crippen LogP contribution in [0.4, 0.5) is 5.13 Å². The highest BCUT2D eigenvalue weighted by Gasteiger charge is 2.23. The maximum absolute atomic E-state index is 12.3. The zero-order valence-electron chi connectivity index (χ0n) is 15.7. The van der Waals surface area contributed by atoms with E-state index < -0.39 is 0 Å². The van der Waals surface area contributed by atoms with Gasteiger partial charge in [-0.1, -0.05) is 30.3 Å². The Balaban J connectivity index is 1.30. The molecule has 0 atom stereocenters. The number of amides is 2. The second-order valence-corrected chi connectivity index (χ2v) is 7.74. The zero-order valence-corrected chi connectivity index (χ0v) is 16.5. The molecule has 3 heterocycles. The molecule has 148 valence electrons. The van der Waals surface area contributed by atoms with Crippen molar-refractivity contribution in [2.75, 3.05) is 18.4 Å². The lowest BCUT2D eigenvalue weighted by atomic mass is 10.2. The summed E-state index contributed by atoms with van der Waals surface area (Å²) in [5.41, 5.74) is 2.30. The topological polar surface area (TPSA) is 100 Å². The second kappa shape index (κ2) is 8.89. The summed E-state index contributed by atoms with van der Waals surface area (Å²) >= 11 is 1.43. The smallest absolute Gasteiger partial charge is 0.277 e. The van der Waals surface area contributed by atoms with Crippen LogP contribution in [0.5, 0.6) is 0 Å². The number of thiazole rings is 1. The van der Waals surface area contributed by atoms with Crippen molar-refractivity contribution >= 4 is 28.3 Å². The summed E-state index contributed by atoms with van der Waals surface area (Å²) in [4.78, 5) is 40.1. The maximum atomic E-state index is 12.3. The normalized spacial score (nSPS) is 13.5. The summed E-state index contributed by atoms with van der Waals surface area (Å²) < 4.78 is 0. The van der Waals surface area contributed by atoms with Crippen molar-refractivity contribution in [3.8, 4) is 0 Å². The van der Waals surface area contributed by atoms with Crippen LogP contribution in [-0.4, -0.2) is 44.8 Å². The number of carbonyl (C=O) groups is 2. The van der Waals surface area contributed by atoms with Gasteiger partial charge in [0.25, 0.3) is 5.91 Å². The number of carbonyl (C=O) groups excluding carboxylic acids is 2. The highest BCUT2D eigenvalue weighted by atomic mass is 32.1. The quantitative estimate of drug-likeness (QED) is 0.646. The van der Waals surface area contributed by atoms with Crippen molar-refractivity contribution in [1.82, 2.24) is 25.2 Å². The van der Waals surface area contributed by atoms with Crippen molar-refractivity contribution < 1.29 is 9.59 Å². The molecule has 29 heavy (non-hydrogen) atoms. The Morgan fingerprint density at radius 2 is 2.03 bits per heavy atom. The van der Waals surface area contributed by atoms with Gasteiger partial charge in [-0.25, -0.2) is 9.97 Å². The molecular weight excluding hydrogens is 388 g/mol. The van der Waals surface area contributed by atoms with E-state index in [2.05, 4.69) is 30.5 Å². The van der Waals surface area contributed by atoms with E-state index in [0.717, 1.165) is 29.1 Å². The molecular formula is C20H20N6O2S. The average molecular weight is 408 g/mol. The van der Waals surface area contributed by atoms with Gasteiger partial charge in [-0.15, -0.1) is 11.3 Å². The third-order valence-electron chi connectivity index (χ3n) is 4.53. The lowest BCUT2D eigenvalue weighted by Crippen LogP contribution is -2.39. The minimum absolute atomic E-state index is 0.00186. The molecule has 0 aliphatic carbocycles. The van der Waals surface area contributed by atoms with E-state index in [9.17, 15) is 9.59 Å². The van der Waals surface area contributed by atoms with Gasteiger partial charge < -0.3 is 5.32 Å². The van der Waals surface area contributed by atoms with Gasteiger partial charge in [-0.2, -0.15) is 0 Å². The number of benzene rings is 1. The fraction of sp³-hybridized carbons (Fsp3) is 0.250. The van der Waals surface area contributed by atoms with Crippen molar-refractivity contribution in [1.29, 1.82) is 0 Å². The summed E-state index contributed by atoms with van der Waals surface area (Å²) in [5, 5.41) is 6.28. The molecule has 3 aromatic rings. The van der Waals surface area contributed by atoms with E-state index in [1.807, 2.05) is 30.3 Å². The number of hydrogen-bond donors (Lipinski definition) is 2. The van der Waals surface area contributed by atoms with E-state index in [4.69, 9.17) is 0 Å². The summed E-state index contributed by atoms with van der Waals surface area (Å²) in [6.45, 7) is 2.27. The van der Waals surface area contributed by atoms with E-state index in [-0.39, 0.29) is 17.5 Å². The van der Waals surface area contributed by atoms with Crippen LogP contribution in [0.25, 0.3) is 0 Å². The van der Waals surface area contributed by atoms with E-state index >= 15 is 0 Å². The van der Waals surface area contributed by atoms with Gasteiger partial charge in [0.05, 0.1) is 18.4 Å². The first-order chi connectivity index (χ1) is 14.2. The summed E-state index contributed by atoms with van der Waals surface area (Å²) in [7, 11) is 0. The summed E-state index contributed by atoms with van der Waals surface area (Å²) in [6, 6.07) is 9.84. The molecule has 9 heteroatoms. The van der Waals surface area contributed by atoms with E-state index in [1.165, 1.54) is 29.9 Å². The van der Waals surface area contributed by atoms with Crippen LogP contribution < -0.4 is 10.6 Å².